The second-order valence-electron chi connectivity index (χ2n) is 7.08. The number of rotatable bonds is 7. The third-order valence-corrected chi connectivity index (χ3v) is 6.45. The van der Waals surface area contributed by atoms with E-state index in [1.165, 1.54) is 12.1 Å². The number of benzene rings is 2. The second kappa shape index (κ2) is 9.90. The van der Waals surface area contributed by atoms with Crippen molar-refractivity contribution in [1.82, 2.24) is 10.3 Å². The lowest BCUT2D eigenvalue weighted by Gasteiger charge is -2.06. The molecule has 0 radical (unpaired) electrons. The molecular formula is C21H23N5O4S2. The summed E-state index contributed by atoms with van der Waals surface area (Å²) >= 11 is 1.08. The van der Waals surface area contributed by atoms with Crippen molar-refractivity contribution in [2.75, 3.05) is 17.2 Å². The van der Waals surface area contributed by atoms with Crippen molar-refractivity contribution in [3.8, 4) is 0 Å². The number of hydrogen-bond acceptors (Lipinski definition) is 6. The Morgan fingerprint density at radius 3 is 2.44 bits per heavy atom. The standard InChI is InChI=1S/C21H23N5O4S2/c1-13-4-3-5-16(12-13)25-20(28)26-21-24-14(2)18(31-21)19(27)23-11-10-15-6-8-17(9-7-15)32(22,29)30/h3-9,12H,10-11H2,1-2H3,(H,23,27)(H2,22,29,30)(H2,24,25,26,28). The SMILES string of the molecule is Cc1cccc(NC(=O)Nc2nc(C)c(C(=O)NCCc3ccc(S(N)(=O)=O)cc3)s2)c1. The van der Waals surface area contributed by atoms with Crippen LogP contribution in [0.5, 0.6) is 0 Å². The molecule has 3 amide bonds. The summed E-state index contributed by atoms with van der Waals surface area (Å²) in [6.07, 6.45) is 0.512. The lowest BCUT2D eigenvalue weighted by molar-refractivity contribution is 0.0957. The number of anilines is 2. The Kier molecular flexibility index (Phi) is 7.23. The number of aromatic nitrogens is 1. The fourth-order valence-corrected chi connectivity index (χ4v) is 4.28. The molecule has 0 aliphatic carbocycles. The first kappa shape index (κ1) is 23.4. The summed E-state index contributed by atoms with van der Waals surface area (Å²) in [5.74, 6) is -0.298. The Bertz CT molecular complexity index is 1240. The molecule has 168 valence electrons. The maximum absolute atomic E-state index is 12.5. The van der Waals surface area contributed by atoms with Crippen molar-refractivity contribution in [2.24, 2.45) is 5.14 Å². The van der Waals surface area contributed by atoms with Crippen LogP contribution < -0.4 is 21.1 Å². The third-order valence-electron chi connectivity index (χ3n) is 4.45. The van der Waals surface area contributed by atoms with Gasteiger partial charge in [0.25, 0.3) is 5.91 Å². The maximum Gasteiger partial charge on any atom is 0.325 e. The monoisotopic (exact) mass is 473 g/mol. The highest BCUT2D eigenvalue weighted by Crippen LogP contribution is 2.23. The molecule has 0 aliphatic heterocycles. The van der Waals surface area contributed by atoms with Gasteiger partial charge in [-0.25, -0.2) is 23.3 Å². The fourth-order valence-electron chi connectivity index (χ4n) is 2.89. The predicted octanol–water partition coefficient (Wildman–Crippen LogP) is 3.02. The largest absolute Gasteiger partial charge is 0.351 e. The average Bonchev–Trinajstić information content (AvgIpc) is 3.07. The lowest BCUT2D eigenvalue weighted by Crippen LogP contribution is -2.25. The Labute approximate surface area is 190 Å². The minimum atomic E-state index is -3.73. The number of nitrogens with two attached hydrogens (primary N) is 1. The summed E-state index contributed by atoms with van der Waals surface area (Å²) in [7, 11) is -3.73. The van der Waals surface area contributed by atoms with Crippen LogP contribution in [0.4, 0.5) is 15.6 Å². The maximum atomic E-state index is 12.5. The minimum absolute atomic E-state index is 0.0389. The number of carbonyl (C=O) groups excluding carboxylic acids is 2. The molecule has 2 aromatic carbocycles. The molecule has 5 N–H and O–H groups in total. The van der Waals surface area contributed by atoms with Gasteiger partial charge in [-0.15, -0.1) is 0 Å². The Hall–Kier alpha value is -3.28. The molecule has 32 heavy (non-hydrogen) atoms. The quantitative estimate of drug-likeness (QED) is 0.417. The van der Waals surface area contributed by atoms with Crippen LogP contribution in [-0.4, -0.2) is 31.9 Å². The number of thiazole rings is 1. The van der Waals surface area contributed by atoms with Crippen LogP contribution in [0.2, 0.25) is 0 Å². The summed E-state index contributed by atoms with van der Waals surface area (Å²) in [5, 5.41) is 13.6. The average molecular weight is 474 g/mol. The van der Waals surface area contributed by atoms with Gasteiger partial charge in [-0.2, -0.15) is 0 Å². The molecule has 0 atom stereocenters. The van der Waals surface area contributed by atoms with Crippen molar-refractivity contribution >= 4 is 44.1 Å². The minimum Gasteiger partial charge on any atom is -0.351 e. The molecule has 0 saturated heterocycles. The van der Waals surface area contributed by atoms with E-state index in [-0.39, 0.29) is 10.8 Å². The zero-order valence-corrected chi connectivity index (χ0v) is 19.1. The van der Waals surface area contributed by atoms with E-state index in [2.05, 4.69) is 20.9 Å². The van der Waals surface area contributed by atoms with Gasteiger partial charge in [0.1, 0.15) is 4.88 Å². The third kappa shape index (κ3) is 6.36. The van der Waals surface area contributed by atoms with Gasteiger partial charge in [0, 0.05) is 12.2 Å². The molecule has 0 aliphatic rings. The van der Waals surface area contributed by atoms with Crippen LogP contribution in [0.25, 0.3) is 0 Å². The van der Waals surface area contributed by atoms with Gasteiger partial charge in [-0.1, -0.05) is 35.6 Å². The van der Waals surface area contributed by atoms with E-state index in [1.54, 1.807) is 25.1 Å². The van der Waals surface area contributed by atoms with E-state index in [9.17, 15) is 18.0 Å². The van der Waals surface area contributed by atoms with Crippen molar-refractivity contribution in [3.63, 3.8) is 0 Å². The van der Waals surface area contributed by atoms with E-state index >= 15 is 0 Å². The van der Waals surface area contributed by atoms with Gasteiger partial charge < -0.3 is 10.6 Å². The molecule has 1 heterocycles. The normalized spacial score (nSPS) is 11.1. The summed E-state index contributed by atoms with van der Waals surface area (Å²) in [6.45, 7) is 3.97. The Morgan fingerprint density at radius 2 is 1.78 bits per heavy atom. The number of urea groups is 1. The zero-order chi connectivity index (χ0) is 23.3. The zero-order valence-electron chi connectivity index (χ0n) is 17.5. The molecule has 0 bridgehead atoms. The number of sulfonamides is 1. The van der Waals surface area contributed by atoms with Gasteiger partial charge in [-0.05, 0) is 55.7 Å². The highest BCUT2D eigenvalue weighted by Gasteiger charge is 2.16. The first-order chi connectivity index (χ1) is 15.1. The first-order valence-corrected chi connectivity index (χ1v) is 12.0. The number of carbonyl (C=O) groups is 2. The lowest BCUT2D eigenvalue weighted by atomic mass is 10.1. The summed E-state index contributed by atoms with van der Waals surface area (Å²) < 4.78 is 22.6. The molecule has 0 saturated carbocycles. The molecule has 0 unspecified atom stereocenters. The van der Waals surface area contributed by atoms with Gasteiger partial charge in [0.05, 0.1) is 10.6 Å². The highest BCUT2D eigenvalue weighted by atomic mass is 32.2. The Balaban J connectivity index is 1.53. The summed E-state index contributed by atoms with van der Waals surface area (Å²) in [6, 6.07) is 13.1. The van der Waals surface area contributed by atoms with Gasteiger partial charge in [-0.3, -0.25) is 10.1 Å². The van der Waals surface area contributed by atoms with E-state index < -0.39 is 16.1 Å². The number of aryl methyl sites for hydroxylation is 2. The molecule has 0 fully saturated rings. The fraction of sp³-hybridized carbons (Fsp3) is 0.190. The highest BCUT2D eigenvalue weighted by molar-refractivity contribution is 7.89. The first-order valence-electron chi connectivity index (χ1n) is 9.64. The molecular weight excluding hydrogens is 450 g/mol. The smallest absolute Gasteiger partial charge is 0.325 e. The molecule has 3 aromatic rings. The van der Waals surface area contributed by atoms with Crippen LogP contribution in [0.1, 0.15) is 26.5 Å². The number of nitrogens with zero attached hydrogens (tertiary/aromatic N) is 1. The molecule has 3 rings (SSSR count). The topological polar surface area (TPSA) is 143 Å². The van der Waals surface area contributed by atoms with Crippen LogP contribution >= 0.6 is 11.3 Å². The van der Waals surface area contributed by atoms with Crippen LogP contribution in [0.15, 0.2) is 53.4 Å². The number of amides is 3. The van der Waals surface area contributed by atoms with Crippen molar-refractivity contribution in [1.29, 1.82) is 0 Å². The summed E-state index contributed by atoms with van der Waals surface area (Å²) in [5.41, 5.74) is 3.04. The van der Waals surface area contributed by atoms with E-state index in [0.717, 1.165) is 22.5 Å². The number of hydrogen-bond donors (Lipinski definition) is 4. The predicted molar refractivity (Wildman–Crippen MR) is 125 cm³/mol. The van der Waals surface area contributed by atoms with Crippen LogP contribution in [0.3, 0.4) is 0 Å². The number of nitrogens with one attached hydrogen (secondary N) is 3. The van der Waals surface area contributed by atoms with E-state index in [1.807, 2.05) is 25.1 Å². The van der Waals surface area contributed by atoms with Gasteiger partial charge in [0.2, 0.25) is 10.0 Å². The van der Waals surface area contributed by atoms with Crippen molar-refractivity contribution in [2.45, 2.75) is 25.2 Å². The molecule has 1 aromatic heterocycles. The number of primary sulfonamides is 1. The second-order valence-corrected chi connectivity index (χ2v) is 9.64. The van der Waals surface area contributed by atoms with Crippen LogP contribution in [-0.2, 0) is 16.4 Å². The Morgan fingerprint density at radius 1 is 1.06 bits per heavy atom. The van der Waals surface area contributed by atoms with E-state index in [0.29, 0.717) is 34.4 Å². The van der Waals surface area contributed by atoms with Crippen molar-refractivity contribution < 1.29 is 18.0 Å². The summed E-state index contributed by atoms with van der Waals surface area (Å²) in [4.78, 5) is 29.4. The van der Waals surface area contributed by atoms with Gasteiger partial charge in [0.15, 0.2) is 5.13 Å². The molecule has 11 heteroatoms. The molecule has 0 spiro atoms. The van der Waals surface area contributed by atoms with Crippen molar-refractivity contribution in [3.05, 3.63) is 70.2 Å². The van der Waals surface area contributed by atoms with Gasteiger partial charge >= 0.3 is 6.03 Å². The molecule has 9 nitrogen and oxygen atoms in total. The van der Waals surface area contributed by atoms with E-state index in [4.69, 9.17) is 5.14 Å². The van der Waals surface area contributed by atoms with Crippen LogP contribution in [0, 0.1) is 13.8 Å².